The molecule has 22 heavy (non-hydrogen) atoms. The molecular formula is C18H20N2O2. The molecule has 4 heteroatoms. The van der Waals surface area contributed by atoms with Gasteiger partial charge < -0.3 is 0 Å². The van der Waals surface area contributed by atoms with Crippen LogP contribution in [0.1, 0.15) is 23.1 Å². The molecule has 0 fully saturated rings. The maximum absolute atomic E-state index is 10.9. The molecule has 0 amide bonds. The lowest BCUT2D eigenvalue weighted by Gasteiger charge is -2.32. The Morgan fingerprint density at radius 2 is 1.95 bits per heavy atom. The number of benzene rings is 2. The molecule has 1 aliphatic carbocycles. The number of nitro groups is 1. The molecule has 0 heterocycles. The summed E-state index contributed by atoms with van der Waals surface area (Å²) in [6.07, 6.45) is 2.99. The number of hydrogen-bond donors (Lipinski definition) is 0. The Labute approximate surface area is 130 Å². The lowest BCUT2D eigenvalue weighted by Crippen LogP contribution is -2.36. The molecule has 0 bridgehead atoms. The van der Waals surface area contributed by atoms with Crippen LogP contribution in [0.4, 0.5) is 5.69 Å². The Hall–Kier alpha value is -2.20. The second-order valence-corrected chi connectivity index (χ2v) is 6.01. The zero-order valence-corrected chi connectivity index (χ0v) is 12.7. The first-order valence-electron chi connectivity index (χ1n) is 7.64. The molecule has 114 valence electrons. The minimum atomic E-state index is -0.308. The van der Waals surface area contributed by atoms with E-state index in [0.717, 1.165) is 31.4 Å². The summed E-state index contributed by atoms with van der Waals surface area (Å²) >= 11 is 0. The summed E-state index contributed by atoms with van der Waals surface area (Å²) in [5.41, 5.74) is 3.89. The Bertz CT molecular complexity index is 670. The third kappa shape index (κ3) is 3.17. The molecular weight excluding hydrogens is 276 g/mol. The van der Waals surface area contributed by atoms with Gasteiger partial charge in [0.25, 0.3) is 5.69 Å². The molecule has 0 saturated carbocycles. The normalized spacial score (nSPS) is 17.3. The van der Waals surface area contributed by atoms with Crippen molar-refractivity contribution in [3.63, 3.8) is 0 Å². The Morgan fingerprint density at radius 3 is 2.68 bits per heavy atom. The SMILES string of the molecule is CN(Cc1ccccc1)C1CCc2ccc([N+](=O)[O-])cc2C1. The summed E-state index contributed by atoms with van der Waals surface area (Å²) in [7, 11) is 2.14. The van der Waals surface area contributed by atoms with Crippen molar-refractivity contribution in [2.45, 2.75) is 31.8 Å². The van der Waals surface area contributed by atoms with Gasteiger partial charge >= 0.3 is 0 Å². The summed E-state index contributed by atoms with van der Waals surface area (Å²) in [4.78, 5) is 13.0. The van der Waals surface area contributed by atoms with Crippen LogP contribution in [0, 0.1) is 10.1 Å². The predicted octanol–water partition coefficient (Wildman–Crippen LogP) is 3.58. The lowest BCUT2D eigenvalue weighted by atomic mass is 9.87. The van der Waals surface area contributed by atoms with Crippen molar-refractivity contribution >= 4 is 5.69 Å². The fourth-order valence-electron chi connectivity index (χ4n) is 3.21. The number of fused-ring (bicyclic) bond motifs is 1. The van der Waals surface area contributed by atoms with Crippen LogP contribution >= 0.6 is 0 Å². The van der Waals surface area contributed by atoms with E-state index in [1.54, 1.807) is 12.1 Å². The van der Waals surface area contributed by atoms with Crippen molar-refractivity contribution in [3.8, 4) is 0 Å². The van der Waals surface area contributed by atoms with Gasteiger partial charge in [0.2, 0.25) is 0 Å². The van der Waals surface area contributed by atoms with Crippen LogP contribution in [0.3, 0.4) is 0 Å². The van der Waals surface area contributed by atoms with Crippen LogP contribution in [-0.4, -0.2) is 22.9 Å². The van der Waals surface area contributed by atoms with Gasteiger partial charge in [-0.25, -0.2) is 0 Å². The predicted molar refractivity (Wildman–Crippen MR) is 86.8 cm³/mol. The molecule has 4 nitrogen and oxygen atoms in total. The number of aryl methyl sites for hydroxylation is 1. The first kappa shape index (κ1) is 14.7. The zero-order chi connectivity index (χ0) is 15.5. The number of nitro benzene ring substituents is 1. The Kier molecular flexibility index (Phi) is 4.20. The van der Waals surface area contributed by atoms with Gasteiger partial charge in [-0.05, 0) is 43.0 Å². The van der Waals surface area contributed by atoms with Gasteiger partial charge in [0.05, 0.1) is 4.92 Å². The first-order chi connectivity index (χ1) is 10.6. The lowest BCUT2D eigenvalue weighted by molar-refractivity contribution is -0.384. The van der Waals surface area contributed by atoms with Crippen molar-refractivity contribution in [1.29, 1.82) is 0 Å². The molecule has 1 aliphatic rings. The number of hydrogen-bond acceptors (Lipinski definition) is 3. The second-order valence-electron chi connectivity index (χ2n) is 6.01. The van der Waals surface area contributed by atoms with E-state index in [-0.39, 0.29) is 10.6 Å². The number of non-ortho nitro benzene ring substituents is 1. The molecule has 0 N–H and O–H groups in total. The van der Waals surface area contributed by atoms with Crippen LogP contribution in [-0.2, 0) is 19.4 Å². The number of rotatable bonds is 4. The Balaban J connectivity index is 1.73. The fourth-order valence-corrected chi connectivity index (χ4v) is 3.21. The van der Waals surface area contributed by atoms with Crippen molar-refractivity contribution in [2.24, 2.45) is 0 Å². The van der Waals surface area contributed by atoms with Gasteiger partial charge in [0.15, 0.2) is 0 Å². The highest BCUT2D eigenvalue weighted by Crippen LogP contribution is 2.28. The maximum Gasteiger partial charge on any atom is 0.269 e. The van der Waals surface area contributed by atoms with E-state index < -0.39 is 0 Å². The van der Waals surface area contributed by atoms with Crippen LogP contribution < -0.4 is 0 Å². The molecule has 0 spiro atoms. The molecule has 3 rings (SSSR count). The van der Waals surface area contributed by atoms with Crippen molar-refractivity contribution < 1.29 is 4.92 Å². The molecule has 0 radical (unpaired) electrons. The number of likely N-dealkylation sites (N-methyl/N-ethyl adjacent to an activating group) is 1. The third-order valence-corrected chi connectivity index (χ3v) is 4.50. The summed E-state index contributed by atoms with van der Waals surface area (Å²) in [6, 6.07) is 16.1. The first-order valence-corrected chi connectivity index (χ1v) is 7.64. The van der Waals surface area contributed by atoms with Gasteiger partial charge in [-0.2, -0.15) is 0 Å². The minimum absolute atomic E-state index is 0.199. The molecule has 1 atom stereocenters. The minimum Gasteiger partial charge on any atom is -0.299 e. The second kappa shape index (κ2) is 6.28. The monoisotopic (exact) mass is 296 g/mol. The number of nitrogens with zero attached hydrogens (tertiary/aromatic N) is 2. The van der Waals surface area contributed by atoms with Crippen molar-refractivity contribution in [3.05, 3.63) is 75.3 Å². The van der Waals surface area contributed by atoms with Gasteiger partial charge in [0.1, 0.15) is 0 Å². The van der Waals surface area contributed by atoms with Gasteiger partial charge in [0, 0.05) is 24.7 Å². The smallest absolute Gasteiger partial charge is 0.269 e. The van der Waals surface area contributed by atoms with Crippen LogP contribution in [0.15, 0.2) is 48.5 Å². The fraction of sp³-hybridized carbons (Fsp3) is 0.333. The van der Waals surface area contributed by atoms with E-state index >= 15 is 0 Å². The summed E-state index contributed by atoms with van der Waals surface area (Å²) < 4.78 is 0. The molecule has 0 aliphatic heterocycles. The van der Waals surface area contributed by atoms with Gasteiger partial charge in [-0.15, -0.1) is 0 Å². The molecule has 2 aromatic carbocycles. The van der Waals surface area contributed by atoms with E-state index in [0.29, 0.717) is 6.04 Å². The summed E-state index contributed by atoms with van der Waals surface area (Å²) in [6.45, 7) is 0.912. The topological polar surface area (TPSA) is 46.4 Å². The highest BCUT2D eigenvalue weighted by molar-refractivity contribution is 5.41. The quantitative estimate of drug-likeness (QED) is 0.640. The van der Waals surface area contributed by atoms with Crippen LogP contribution in [0.2, 0.25) is 0 Å². The molecule has 1 unspecified atom stereocenters. The van der Waals surface area contributed by atoms with Crippen LogP contribution in [0.5, 0.6) is 0 Å². The third-order valence-electron chi connectivity index (χ3n) is 4.50. The van der Waals surface area contributed by atoms with Crippen molar-refractivity contribution in [2.75, 3.05) is 7.05 Å². The summed E-state index contributed by atoms with van der Waals surface area (Å²) in [5.74, 6) is 0. The van der Waals surface area contributed by atoms with E-state index in [9.17, 15) is 10.1 Å². The average molecular weight is 296 g/mol. The highest BCUT2D eigenvalue weighted by Gasteiger charge is 2.23. The van der Waals surface area contributed by atoms with E-state index in [1.807, 2.05) is 12.1 Å². The molecule has 0 saturated heterocycles. The van der Waals surface area contributed by atoms with Gasteiger partial charge in [-0.3, -0.25) is 15.0 Å². The van der Waals surface area contributed by atoms with Crippen LogP contribution in [0.25, 0.3) is 0 Å². The molecule has 2 aromatic rings. The van der Waals surface area contributed by atoms with Gasteiger partial charge in [-0.1, -0.05) is 36.4 Å². The standard InChI is InChI=1S/C18H20N2O2/c1-19(13-14-5-3-2-4-6-14)17-9-7-15-8-10-18(20(21)22)12-16(15)11-17/h2-6,8,10,12,17H,7,9,11,13H2,1H3. The zero-order valence-electron chi connectivity index (χ0n) is 12.7. The summed E-state index contributed by atoms with van der Waals surface area (Å²) in [5, 5.41) is 10.9. The average Bonchev–Trinajstić information content (AvgIpc) is 2.54. The largest absolute Gasteiger partial charge is 0.299 e. The molecule has 0 aromatic heterocycles. The van der Waals surface area contributed by atoms with E-state index in [4.69, 9.17) is 0 Å². The maximum atomic E-state index is 10.9. The Morgan fingerprint density at radius 1 is 1.18 bits per heavy atom. The van der Waals surface area contributed by atoms with Crippen molar-refractivity contribution in [1.82, 2.24) is 4.90 Å². The van der Waals surface area contributed by atoms with E-state index in [2.05, 4.69) is 36.2 Å². The van der Waals surface area contributed by atoms with E-state index in [1.165, 1.54) is 11.1 Å². The highest BCUT2D eigenvalue weighted by atomic mass is 16.6.